The molecule has 2 atom stereocenters. The number of nitrogens with one attached hydrogen (secondary N) is 1. The molecule has 2 heterocycles. The van der Waals surface area contributed by atoms with E-state index in [0.717, 1.165) is 22.0 Å². The van der Waals surface area contributed by atoms with E-state index in [-0.39, 0.29) is 5.37 Å². The number of nitriles is 1. The maximum Gasteiger partial charge on any atom is 0.321 e. The van der Waals surface area contributed by atoms with E-state index in [1.54, 1.807) is 11.8 Å². The van der Waals surface area contributed by atoms with Crippen molar-refractivity contribution in [2.24, 2.45) is 0 Å². The summed E-state index contributed by atoms with van der Waals surface area (Å²) in [7, 11) is 0. The highest BCUT2D eigenvalue weighted by molar-refractivity contribution is 7.99. The van der Waals surface area contributed by atoms with Crippen molar-refractivity contribution in [1.82, 2.24) is 9.88 Å². The van der Waals surface area contributed by atoms with E-state index < -0.39 is 12.0 Å². The van der Waals surface area contributed by atoms with Crippen molar-refractivity contribution in [3.8, 4) is 6.07 Å². The molecule has 1 aromatic heterocycles. The van der Waals surface area contributed by atoms with Gasteiger partial charge in [-0.15, -0.1) is 11.8 Å². The van der Waals surface area contributed by atoms with Crippen molar-refractivity contribution in [3.63, 3.8) is 0 Å². The molecule has 0 unspecified atom stereocenters. The van der Waals surface area contributed by atoms with Gasteiger partial charge in [0.15, 0.2) is 0 Å². The van der Waals surface area contributed by atoms with E-state index in [1.165, 1.54) is 0 Å². The number of carboxylic acid groups (broad SMARTS) is 1. The minimum Gasteiger partial charge on any atom is -0.480 e. The third-order valence-electron chi connectivity index (χ3n) is 4.66. The molecule has 2 aromatic carbocycles. The summed E-state index contributed by atoms with van der Waals surface area (Å²) in [4.78, 5) is 11.2. The van der Waals surface area contributed by atoms with Crippen LogP contribution in [0.5, 0.6) is 0 Å². The van der Waals surface area contributed by atoms with Crippen LogP contribution >= 0.6 is 11.8 Å². The number of rotatable bonds is 4. The van der Waals surface area contributed by atoms with E-state index in [2.05, 4.69) is 34.3 Å². The second kappa shape index (κ2) is 6.87. The van der Waals surface area contributed by atoms with Crippen LogP contribution in [0.4, 0.5) is 0 Å². The first-order valence-electron chi connectivity index (χ1n) is 8.33. The number of carbonyl (C=O) groups is 1. The maximum atomic E-state index is 11.2. The Morgan fingerprint density at radius 3 is 2.81 bits per heavy atom. The van der Waals surface area contributed by atoms with Crippen LogP contribution < -0.4 is 5.32 Å². The van der Waals surface area contributed by atoms with Gasteiger partial charge in [0, 0.05) is 35.0 Å². The number of para-hydroxylation sites is 1. The topological polar surface area (TPSA) is 78.0 Å². The molecule has 2 N–H and O–H groups in total. The summed E-state index contributed by atoms with van der Waals surface area (Å²) in [6.07, 6.45) is 2.08. The molecule has 130 valence electrons. The average molecular weight is 363 g/mol. The Bertz CT molecular complexity index is 1020. The molecule has 1 aliphatic rings. The average Bonchev–Trinajstić information content (AvgIpc) is 3.28. The van der Waals surface area contributed by atoms with Crippen LogP contribution in [-0.4, -0.2) is 27.4 Å². The van der Waals surface area contributed by atoms with Crippen LogP contribution in [0.3, 0.4) is 0 Å². The number of fused-ring (bicyclic) bond motifs is 1. The molecule has 5 nitrogen and oxygen atoms in total. The van der Waals surface area contributed by atoms with E-state index in [9.17, 15) is 15.2 Å². The molecule has 1 saturated heterocycles. The number of hydrogen-bond acceptors (Lipinski definition) is 4. The number of nitrogens with zero attached hydrogens (tertiary/aromatic N) is 2. The van der Waals surface area contributed by atoms with Gasteiger partial charge in [-0.05, 0) is 17.7 Å². The van der Waals surface area contributed by atoms with Gasteiger partial charge < -0.3 is 9.67 Å². The summed E-state index contributed by atoms with van der Waals surface area (Å²) in [5, 5.41) is 22.8. The largest absolute Gasteiger partial charge is 0.480 e. The van der Waals surface area contributed by atoms with E-state index in [1.807, 2.05) is 36.4 Å². The zero-order valence-corrected chi connectivity index (χ0v) is 14.7. The summed E-state index contributed by atoms with van der Waals surface area (Å²) in [5.41, 5.74) is 3.81. The van der Waals surface area contributed by atoms with Gasteiger partial charge in [0.1, 0.15) is 6.04 Å². The Morgan fingerprint density at radius 1 is 1.27 bits per heavy atom. The quantitative estimate of drug-likeness (QED) is 0.743. The van der Waals surface area contributed by atoms with Crippen LogP contribution in [-0.2, 0) is 11.3 Å². The lowest BCUT2D eigenvalue weighted by molar-refractivity contribution is -0.138. The second-order valence-electron chi connectivity index (χ2n) is 6.27. The number of benzene rings is 2. The summed E-state index contributed by atoms with van der Waals surface area (Å²) in [6, 6.07) is 17.4. The second-order valence-corrected chi connectivity index (χ2v) is 7.41. The molecule has 0 spiro atoms. The number of carboxylic acids is 1. The predicted octanol–water partition coefficient (Wildman–Crippen LogP) is 3.35. The minimum atomic E-state index is -0.813. The Hall–Kier alpha value is -2.75. The first-order chi connectivity index (χ1) is 12.7. The SMILES string of the molecule is N#Cc1ccccc1Cn1cc([C@H]2N[C@@H](C(=O)O)CS2)c2ccccc21. The van der Waals surface area contributed by atoms with Gasteiger partial charge in [-0.25, -0.2) is 0 Å². The molecule has 3 aromatic rings. The lowest BCUT2D eigenvalue weighted by Crippen LogP contribution is -2.33. The molecule has 0 amide bonds. The zero-order valence-electron chi connectivity index (χ0n) is 13.9. The Labute approximate surface area is 155 Å². The third kappa shape index (κ3) is 2.96. The molecule has 6 heteroatoms. The predicted molar refractivity (Wildman–Crippen MR) is 102 cm³/mol. The van der Waals surface area contributed by atoms with Crippen molar-refractivity contribution in [3.05, 3.63) is 71.4 Å². The number of aromatic nitrogens is 1. The fourth-order valence-corrected chi connectivity index (χ4v) is 4.61. The van der Waals surface area contributed by atoms with Gasteiger partial charge >= 0.3 is 5.97 Å². The van der Waals surface area contributed by atoms with Crippen molar-refractivity contribution in [1.29, 1.82) is 5.26 Å². The highest BCUT2D eigenvalue weighted by Gasteiger charge is 2.32. The van der Waals surface area contributed by atoms with Crippen LogP contribution in [0.2, 0.25) is 0 Å². The maximum absolute atomic E-state index is 11.2. The molecular weight excluding hydrogens is 346 g/mol. The molecule has 0 aliphatic carbocycles. The van der Waals surface area contributed by atoms with Crippen molar-refractivity contribution in [2.75, 3.05) is 5.75 Å². The number of hydrogen-bond donors (Lipinski definition) is 2. The molecule has 1 fully saturated rings. The molecule has 4 rings (SSSR count). The number of thioether (sulfide) groups is 1. The standard InChI is InChI=1S/C20H17N3O2S/c21-9-13-5-1-2-6-14(13)10-23-11-16(15-7-3-4-8-18(15)23)19-22-17(12-26-19)20(24)25/h1-8,11,17,19,22H,10,12H2,(H,24,25)/t17-,19+/m1/s1. The van der Waals surface area contributed by atoms with Crippen LogP contribution in [0.1, 0.15) is 22.1 Å². The first kappa shape index (κ1) is 16.7. The summed E-state index contributed by atoms with van der Waals surface area (Å²) in [6.45, 7) is 0.601. The van der Waals surface area contributed by atoms with Crippen LogP contribution in [0.25, 0.3) is 10.9 Å². The van der Waals surface area contributed by atoms with Crippen molar-refractivity contribution >= 4 is 28.6 Å². The smallest absolute Gasteiger partial charge is 0.321 e. The van der Waals surface area contributed by atoms with Gasteiger partial charge in [0.25, 0.3) is 0 Å². The van der Waals surface area contributed by atoms with Crippen LogP contribution in [0, 0.1) is 11.3 Å². The Kier molecular flexibility index (Phi) is 4.41. The Morgan fingerprint density at radius 2 is 2.04 bits per heavy atom. The van der Waals surface area contributed by atoms with Gasteiger partial charge in [0.05, 0.1) is 17.0 Å². The highest BCUT2D eigenvalue weighted by atomic mass is 32.2. The van der Waals surface area contributed by atoms with Crippen molar-refractivity contribution < 1.29 is 9.90 Å². The van der Waals surface area contributed by atoms with Gasteiger partial charge in [0.2, 0.25) is 0 Å². The molecule has 0 saturated carbocycles. The van der Waals surface area contributed by atoms with Crippen molar-refractivity contribution in [2.45, 2.75) is 18.0 Å². The zero-order chi connectivity index (χ0) is 18.1. The minimum absolute atomic E-state index is 0.0477. The highest BCUT2D eigenvalue weighted by Crippen LogP contribution is 2.37. The molecule has 0 radical (unpaired) electrons. The van der Waals surface area contributed by atoms with Crippen LogP contribution in [0.15, 0.2) is 54.7 Å². The molecule has 1 aliphatic heterocycles. The molecule has 0 bridgehead atoms. The normalized spacial score (nSPS) is 19.5. The third-order valence-corrected chi connectivity index (χ3v) is 5.91. The Balaban J connectivity index is 1.73. The summed E-state index contributed by atoms with van der Waals surface area (Å²) < 4.78 is 2.14. The lowest BCUT2D eigenvalue weighted by Gasteiger charge is -2.10. The fourth-order valence-electron chi connectivity index (χ4n) is 3.36. The molecule has 26 heavy (non-hydrogen) atoms. The van der Waals surface area contributed by atoms with E-state index >= 15 is 0 Å². The van der Waals surface area contributed by atoms with Gasteiger partial charge in [-0.1, -0.05) is 36.4 Å². The fraction of sp³-hybridized carbons (Fsp3) is 0.200. The lowest BCUT2D eigenvalue weighted by atomic mass is 10.1. The van der Waals surface area contributed by atoms with E-state index in [4.69, 9.17) is 0 Å². The summed E-state index contributed by atoms with van der Waals surface area (Å²) >= 11 is 1.62. The first-order valence-corrected chi connectivity index (χ1v) is 9.38. The molecular formula is C20H17N3O2S. The monoisotopic (exact) mass is 363 g/mol. The summed E-state index contributed by atoms with van der Waals surface area (Å²) in [5.74, 6) is -0.261. The van der Waals surface area contributed by atoms with Gasteiger partial charge in [-0.2, -0.15) is 5.26 Å². The number of aliphatic carboxylic acids is 1. The van der Waals surface area contributed by atoms with E-state index in [0.29, 0.717) is 17.9 Å². The van der Waals surface area contributed by atoms with Gasteiger partial charge in [-0.3, -0.25) is 10.1 Å².